The Bertz CT molecular complexity index is 814. The highest BCUT2D eigenvalue weighted by atomic mass is 19.3. The number of fused-ring (bicyclic) bond motifs is 1. The summed E-state index contributed by atoms with van der Waals surface area (Å²) >= 11 is 0. The Morgan fingerprint density at radius 3 is 2.16 bits per heavy atom. The lowest BCUT2D eigenvalue weighted by Gasteiger charge is -2.27. The van der Waals surface area contributed by atoms with Gasteiger partial charge in [-0.25, -0.2) is 18.7 Å². The molecule has 0 spiro atoms. The molecule has 0 aliphatic heterocycles. The van der Waals surface area contributed by atoms with Gasteiger partial charge in [0.15, 0.2) is 0 Å². The summed E-state index contributed by atoms with van der Waals surface area (Å²) in [5, 5.41) is 19.1. The SMILES string of the molecule is OC1(O)c2c(ccc(Oc3ncccn3)c2C(F)F)C(F)(F)C1(F)F. The van der Waals surface area contributed by atoms with Gasteiger partial charge in [0.25, 0.3) is 12.2 Å². The Labute approximate surface area is 135 Å². The van der Waals surface area contributed by atoms with E-state index in [-0.39, 0.29) is 0 Å². The highest BCUT2D eigenvalue weighted by Gasteiger charge is 2.77. The maximum Gasteiger partial charge on any atom is 0.371 e. The molecule has 0 atom stereocenters. The van der Waals surface area contributed by atoms with Crippen molar-refractivity contribution in [3.05, 3.63) is 47.3 Å². The van der Waals surface area contributed by atoms with Gasteiger partial charge in [0.2, 0.25) is 0 Å². The van der Waals surface area contributed by atoms with Crippen molar-refractivity contribution in [3.8, 4) is 11.8 Å². The predicted molar refractivity (Wildman–Crippen MR) is 68.5 cm³/mol. The molecule has 1 aromatic carbocycles. The monoisotopic (exact) mass is 366 g/mol. The van der Waals surface area contributed by atoms with Gasteiger partial charge in [-0.15, -0.1) is 0 Å². The minimum absolute atomic E-state index is 0.363. The Morgan fingerprint density at radius 2 is 1.60 bits per heavy atom. The third-order valence-electron chi connectivity index (χ3n) is 3.69. The summed E-state index contributed by atoms with van der Waals surface area (Å²) in [6.45, 7) is 0. The largest absolute Gasteiger partial charge is 0.424 e. The summed E-state index contributed by atoms with van der Waals surface area (Å²) in [5.74, 6) is -15.9. The fourth-order valence-corrected chi connectivity index (χ4v) is 2.52. The molecule has 1 aliphatic rings. The molecule has 25 heavy (non-hydrogen) atoms. The first kappa shape index (κ1) is 17.4. The summed E-state index contributed by atoms with van der Waals surface area (Å²) < 4.78 is 86.8. The topological polar surface area (TPSA) is 75.5 Å². The summed E-state index contributed by atoms with van der Waals surface area (Å²) in [7, 11) is 0. The van der Waals surface area contributed by atoms with Gasteiger partial charge < -0.3 is 14.9 Å². The van der Waals surface area contributed by atoms with Crippen LogP contribution in [0.1, 0.15) is 23.1 Å². The summed E-state index contributed by atoms with van der Waals surface area (Å²) in [6, 6.07) is 1.85. The highest BCUT2D eigenvalue weighted by Crippen LogP contribution is 2.61. The van der Waals surface area contributed by atoms with Gasteiger partial charge in [-0.05, 0) is 18.2 Å². The first-order valence-corrected chi connectivity index (χ1v) is 6.63. The molecule has 1 aliphatic carbocycles. The van der Waals surface area contributed by atoms with Gasteiger partial charge in [-0.3, -0.25) is 0 Å². The maximum atomic E-state index is 13.8. The van der Waals surface area contributed by atoms with Crippen molar-refractivity contribution >= 4 is 0 Å². The number of rotatable bonds is 3. The molecular formula is C14H8F6N2O3. The van der Waals surface area contributed by atoms with Crippen molar-refractivity contribution in [2.24, 2.45) is 0 Å². The standard InChI is InChI=1S/C14H8F6N2O3/c15-10(16)8-7(25-11-21-4-1-5-22-11)3-2-6-9(8)13(23,24)14(19,20)12(6,17)18/h1-5,10,23-24H. The van der Waals surface area contributed by atoms with Crippen LogP contribution >= 0.6 is 0 Å². The molecule has 11 heteroatoms. The molecule has 0 fully saturated rings. The Balaban J connectivity index is 2.25. The van der Waals surface area contributed by atoms with Crippen molar-refractivity contribution in [1.82, 2.24) is 9.97 Å². The predicted octanol–water partition coefficient (Wildman–Crippen LogP) is 3.08. The lowest BCUT2D eigenvalue weighted by molar-refractivity contribution is -0.358. The molecule has 0 amide bonds. The molecule has 3 rings (SSSR count). The van der Waals surface area contributed by atoms with E-state index in [1.807, 2.05) is 0 Å². The van der Waals surface area contributed by atoms with E-state index < -0.39 is 52.5 Å². The number of alkyl halides is 6. The fraction of sp³-hybridized carbons (Fsp3) is 0.286. The van der Waals surface area contributed by atoms with Gasteiger partial charge in [0, 0.05) is 23.5 Å². The zero-order chi connectivity index (χ0) is 18.6. The van der Waals surface area contributed by atoms with E-state index in [1.54, 1.807) is 0 Å². The van der Waals surface area contributed by atoms with Crippen LogP contribution in [-0.4, -0.2) is 26.1 Å². The van der Waals surface area contributed by atoms with Gasteiger partial charge in [-0.2, -0.15) is 17.6 Å². The molecule has 0 radical (unpaired) electrons. The smallest absolute Gasteiger partial charge is 0.371 e. The van der Waals surface area contributed by atoms with Gasteiger partial charge >= 0.3 is 17.9 Å². The molecule has 2 N–H and O–H groups in total. The number of hydrogen-bond donors (Lipinski definition) is 2. The molecule has 2 aromatic rings. The highest BCUT2D eigenvalue weighted by molar-refractivity contribution is 5.55. The van der Waals surface area contributed by atoms with E-state index in [0.717, 1.165) is 0 Å². The van der Waals surface area contributed by atoms with E-state index in [9.17, 15) is 36.6 Å². The number of benzene rings is 1. The number of hydrogen-bond acceptors (Lipinski definition) is 5. The summed E-state index contributed by atoms with van der Waals surface area (Å²) in [6.07, 6.45) is -1.26. The maximum absolute atomic E-state index is 13.8. The van der Waals surface area contributed by atoms with Crippen LogP contribution in [0.2, 0.25) is 0 Å². The van der Waals surface area contributed by atoms with Gasteiger partial charge in [0.1, 0.15) is 5.75 Å². The second kappa shape index (κ2) is 5.30. The van der Waals surface area contributed by atoms with Crippen LogP contribution in [-0.2, 0) is 11.7 Å². The molecule has 5 nitrogen and oxygen atoms in total. The van der Waals surface area contributed by atoms with Crippen LogP contribution < -0.4 is 4.74 Å². The molecule has 134 valence electrons. The van der Waals surface area contributed by atoms with Crippen molar-refractivity contribution in [2.45, 2.75) is 24.1 Å². The Hall–Kier alpha value is -2.40. The van der Waals surface area contributed by atoms with E-state index >= 15 is 0 Å². The van der Waals surface area contributed by atoms with Gasteiger partial charge in [0.05, 0.1) is 5.56 Å². The molecular weight excluding hydrogens is 358 g/mol. The lowest BCUT2D eigenvalue weighted by Crippen LogP contribution is -2.49. The van der Waals surface area contributed by atoms with Crippen molar-refractivity contribution in [3.63, 3.8) is 0 Å². The van der Waals surface area contributed by atoms with Crippen molar-refractivity contribution in [2.75, 3.05) is 0 Å². The number of halogens is 6. The van der Waals surface area contributed by atoms with Crippen LogP contribution in [0.4, 0.5) is 26.3 Å². The number of aromatic nitrogens is 2. The van der Waals surface area contributed by atoms with Gasteiger partial charge in [-0.1, -0.05) is 0 Å². The van der Waals surface area contributed by atoms with E-state index in [1.165, 1.54) is 18.5 Å². The third-order valence-corrected chi connectivity index (χ3v) is 3.69. The van der Waals surface area contributed by atoms with Crippen LogP contribution in [0.15, 0.2) is 30.6 Å². The molecule has 1 heterocycles. The fourth-order valence-electron chi connectivity index (χ4n) is 2.52. The first-order valence-electron chi connectivity index (χ1n) is 6.63. The van der Waals surface area contributed by atoms with E-state index in [0.29, 0.717) is 12.1 Å². The lowest BCUT2D eigenvalue weighted by atomic mass is 9.98. The Morgan fingerprint density at radius 1 is 1.00 bits per heavy atom. The molecule has 0 saturated carbocycles. The minimum atomic E-state index is -5.42. The minimum Gasteiger partial charge on any atom is -0.424 e. The quantitative estimate of drug-likeness (QED) is 0.645. The summed E-state index contributed by atoms with van der Waals surface area (Å²) in [4.78, 5) is 7.12. The van der Waals surface area contributed by atoms with Crippen LogP contribution in [0.5, 0.6) is 11.8 Å². The second-order valence-corrected chi connectivity index (χ2v) is 5.16. The van der Waals surface area contributed by atoms with Crippen molar-refractivity contribution in [1.29, 1.82) is 0 Å². The molecule has 0 unspecified atom stereocenters. The number of ether oxygens (including phenoxy) is 1. The van der Waals surface area contributed by atoms with E-state index in [4.69, 9.17) is 4.74 Å². The molecule has 0 saturated heterocycles. The zero-order valence-corrected chi connectivity index (χ0v) is 11.9. The van der Waals surface area contributed by atoms with Crippen molar-refractivity contribution < 1.29 is 41.3 Å². The second-order valence-electron chi connectivity index (χ2n) is 5.16. The number of nitrogens with zero attached hydrogens (tertiary/aromatic N) is 2. The normalized spacial score (nSPS) is 19.7. The van der Waals surface area contributed by atoms with Crippen LogP contribution in [0.3, 0.4) is 0 Å². The van der Waals surface area contributed by atoms with E-state index in [2.05, 4.69) is 9.97 Å². The Kier molecular flexibility index (Phi) is 3.69. The molecule has 1 aromatic heterocycles. The van der Waals surface area contributed by atoms with Crippen LogP contribution in [0, 0.1) is 0 Å². The number of aliphatic hydroxyl groups is 2. The average Bonchev–Trinajstić information content (AvgIpc) is 2.64. The zero-order valence-electron chi connectivity index (χ0n) is 11.9. The summed E-state index contributed by atoms with van der Waals surface area (Å²) in [5.41, 5.74) is -4.84. The first-order chi connectivity index (χ1) is 11.5. The van der Waals surface area contributed by atoms with Crippen LogP contribution in [0.25, 0.3) is 0 Å². The average molecular weight is 366 g/mol. The molecule has 0 bridgehead atoms. The third kappa shape index (κ3) is 2.26.